The van der Waals surface area contributed by atoms with E-state index >= 15 is 0 Å². The van der Waals surface area contributed by atoms with Gasteiger partial charge in [0.05, 0.1) is 24.7 Å². The van der Waals surface area contributed by atoms with Crippen LogP contribution in [0, 0.1) is 4.77 Å². The third-order valence-electron chi connectivity index (χ3n) is 3.21. The molecule has 20 heavy (non-hydrogen) atoms. The molecule has 1 N–H and O–H groups in total. The highest BCUT2D eigenvalue weighted by Gasteiger charge is 2.06. The van der Waals surface area contributed by atoms with Crippen LogP contribution in [-0.4, -0.2) is 16.7 Å². The van der Waals surface area contributed by atoms with Gasteiger partial charge in [0, 0.05) is 5.02 Å². The van der Waals surface area contributed by atoms with Crippen molar-refractivity contribution in [3.8, 4) is 5.75 Å². The average molecular weight is 305 g/mol. The number of hydrogen-bond acceptors (Lipinski definition) is 2. The number of ether oxygens (including phenoxy) is 1. The molecule has 0 radical (unpaired) electrons. The lowest BCUT2D eigenvalue weighted by Gasteiger charge is -2.07. The van der Waals surface area contributed by atoms with E-state index in [1.165, 1.54) is 0 Å². The monoisotopic (exact) mass is 304 g/mol. The van der Waals surface area contributed by atoms with Crippen molar-refractivity contribution >= 4 is 34.9 Å². The van der Waals surface area contributed by atoms with Crippen molar-refractivity contribution in [3.63, 3.8) is 0 Å². The maximum absolute atomic E-state index is 6.00. The minimum Gasteiger partial charge on any atom is -0.497 e. The molecular formula is C15H13ClN2OS. The van der Waals surface area contributed by atoms with E-state index in [-0.39, 0.29) is 0 Å². The quantitative estimate of drug-likeness (QED) is 0.726. The molecule has 3 aromatic rings. The summed E-state index contributed by atoms with van der Waals surface area (Å²) in [6.45, 7) is 0.692. The molecule has 1 heterocycles. The average Bonchev–Trinajstić information content (AvgIpc) is 2.74. The maximum atomic E-state index is 6.00. The lowest BCUT2D eigenvalue weighted by atomic mass is 10.2. The van der Waals surface area contributed by atoms with Gasteiger partial charge in [-0.3, -0.25) is 0 Å². The number of imidazole rings is 1. The summed E-state index contributed by atoms with van der Waals surface area (Å²) in [5.74, 6) is 0.844. The number of benzene rings is 2. The summed E-state index contributed by atoms with van der Waals surface area (Å²) in [7, 11) is 1.67. The first-order chi connectivity index (χ1) is 9.67. The van der Waals surface area contributed by atoms with Gasteiger partial charge < -0.3 is 14.3 Å². The van der Waals surface area contributed by atoms with Crippen molar-refractivity contribution in [2.45, 2.75) is 6.54 Å². The Morgan fingerprint density at radius 2 is 2.10 bits per heavy atom. The summed E-state index contributed by atoms with van der Waals surface area (Å²) >= 11 is 11.4. The molecule has 0 amide bonds. The molecule has 0 aliphatic rings. The highest BCUT2D eigenvalue weighted by atomic mass is 35.5. The first-order valence-electron chi connectivity index (χ1n) is 6.18. The molecule has 0 spiro atoms. The van der Waals surface area contributed by atoms with Gasteiger partial charge in [0.25, 0.3) is 0 Å². The standard InChI is InChI=1S/C15H13ClN2OS/c1-19-12-4-2-3-10(7-12)9-18-14-6-5-11(16)8-13(14)17-15(18)20/h2-8H,9H2,1H3,(H,17,20). The topological polar surface area (TPSA) is 29.9 Å². The van der Waals surface area contributed by atoms with E-state index in [9.17, 15) is 0 Å². The molecule has 0 unspecified atom stereocenters. The zero-order valence-corrected chi connectivity index (χ0v) is 12.5. The third kappa shape index (κ3) is 2.44. The fraction of sp³-hybridized carbons (Fsp3) is 0.133. The third-order valence-corrected chi connectivity index (χ3v) is 3.77. The van der Waals surface area contributed by atoms with E-state index in [1.54, 1.807) is 7.11 Å². The number of rotatable bonds is 3. The number of aromatic amines is 1. The first-order valence-corrected chi connectivity index (χ1v) is 6.97. The predicted octanol–water partition coefficient (Wildman–Crippen LogP) is 4.41. The highest BCUT2D eigenvalue weighted by Crippen LogP contribution is 2.21. The molecule has 0 fully saturated rings. The second-order valence-corrected chi connectivity index (χ2v) is 5.35. The van der Waals surface area contributed by atoms with Gasteiger partial charge in [-0.15, -0.1) is 0 Å². The number of H-pyrrole nitrogens is 1. The maximum Gasteiger partial charge on any atom is 0.178 e. The normalized spacial score (nSPS) is 10.9. The van der Waals surface area contributed by atoms with Crippen LogP contribution in [0.3, 0.4) is 0 Å². The molecule has 0 saturated carbocycles. The number of aromatic nitrogens is 2. The van der Waals surface area contributed by atoms with E-state index in [0.29, 0.717) is 16.3 Å². The van der Waals surface area contributed by atoms with Crippen LogP contribution in [0.2, 0.25) is 5.02 Å². The Kier molecular flexibility index (Phi) is 3.51. The van der Waals surface area contributed by atoms with Crippen LogP contribution in [0.25, 0.3) is 11.0 Å². The number of fused-ring (bicyclic) bond motifs is 1. The Balaban J connectivity index is 2.06. The lowest BCUT2D eigenvalue weighted by Crippen LogP contribution is -1.99. The molecule has 0 bridgehead atoms. The fourth-order valence-electron chi connectivity index (χ4n) is 2.25. The molecule has 0 aliphatic heterocycles. The van der Waals surface area contributed by atoms with Crippen LogP contribution in [-0.2, 0) is 6.54 Å². The Hall–Kier alpha value is -1.78. The van der Waals surface area contributed by atoms with E-state index in [4.69, 9.17) is 28.6 Å². The van der Waals surface area contributed by atoms with Crippen molar-refractivity contribution in [3.05, 3.63) is 57.8 Å². The lowest BCUT2D eigenvalue weighted by molar-refractivity contribution is 0.414. The van der Waals surface area contributed by atoms with Crippen molar-refractivity contribution in [1.29, 1.82) is 0 Å². The second kappa shape index (κ2) is 5.31. The Morgan fingerprint density at radius 3 is 2.90 bits per heavy atom. The smallest absolute Gasteiger partial charge is 0.178 e. The fourth-order valence-corrected chi connectivity index (χ4v) is 2.69. The van der Waals surface area contributed by atoms with Gasteiger partial charge in [0.1, 0.15) is 5.75 Å². The van der Waals surface area contributed by atoms with Crippen molar-refractivity contribution in [1.82, 2.24) is 9.55 Å². The van der Waals surface area contributed by atoms with E-state index in [0.717, 1.165) is 22.3 Å². The first kappa shape index (κ1) is 13.2. The molecule has 2 aromatic carbocycles. The molecule has 5 heteroatoms. The van der Waals surface area contributed by atoms with Crippen LogP contribution in [0.5, 0.6) is 5.75 Å². The van der Waals surface area contributed by atoms with Gasteiger partial charge in [0.2, 0.25) is 0 Å². The van der Waals surface area contributed by atoms with Crippen molar-refractivity contribution in [2.75, 3.05) is 7.11 Å². The summed E-state index contributed by atoms with van der Waals surface area (Å²) in [4.78, 5) is 3.18. The molecule has 3 nitrogen and oxygen atoms in total. The summed E-state index contributed by atoms with van der Waals surface area (Å²) in [5, 5.41) is 0.697. The minimum atomic E-state index is 0.685. The van der Waals surface area contributed by atoms with Crippen LogP contribution in [0.1, 0.15) is 5.56 Å². The second-order valence-electron chi connectivity index (χ2n) is 4.53. The van der Waals surface area contributed by atoms with Gasteiger partial charge in [-0.1, -0.05) is 23.7 Å². The molecule has 0 aliphatic carbocycles. The van der Waals surface area contributed by atoms with Gasteiger partial charge in [-0.05, 0) is 48.1 Å². The van der Waals surface area contributed by atoms with E-state index in [2.05, 4.69) is 15.6 Å². The summed E-state index contributed by atoms with van der Waals surface area (Å²) < 4.78 is 7.98. The number of halogens is 1. The van der Waals surface area contributed by atoms with Crippen LogP contribution in [0.15, 0.2) is 42.5 Å². The molecule has 0 saturated heterocycles. The predicted molar refractivity (Wildman–Crippen MR) is 84.2 cm³/mol. The molecular weight excluding hydrogens is 292 g/mol. The highest BCUT2D eigenvalue weighted by molar-refractivity contribution is 7.71. The van der Waals surface area contributed by atoms with Gasteiger partial charge in [-0.2, -0.15) is 0 Å². The van der Waals surface area contributed by atoms with Crippen LogP contribution >= 0.6 is 23.8 Å². The number of nitrogens with one attached hydrogen (secondary N) is 1. The summed E-state index contributed by atoms with van der Waals surface area (Å²) in [6.07, 6.45) is 0. The Bertz CT molecular complexity index is 822. The minimum absolute atomic E-state index is 0.685. The SMILES string of the molecule is COc1cccc(Cn2c(=S)[nH]c3cc(Cl)ccc32)c1. The van der Waals surface area contributed by atoms with Gasteiger partial charge in [0.15, 0.2) is 4.77 Å². The molecule has 1 aromatic heterocycles. The summed E-state index contributed by atoms with van der Waals surface area (Å²) in [5.41, 5.74) is 3.13. The number of methoxy groups -OCH3 is 1. The largest absolute Gasteiger partial charge is 0.497 e. The Morgan fingerprint density at radius 1 is 1.25 bits per heavy atom. The zero-order chi connectivity index (χ0) is 14.1. The molecule has 0 atom stereocenters. The molecule has 102 valence electrons. The number of nitrogens with zero attached hydrogens (tertiary/aromatic N) is 1. The number of hydrogen-bond donors (Lipinski definition) is 1. The summed E-state index contributed by atoms with van der Waals surface area (Å²) in [6, 6.07) is 13.7. The van der Waals surface area contributed by atoms with Gasteiger partial charge >= 0.3 is 0 Å². The van der Waals surface area contributed by atoms with Crippen LogP contribution < -0.4 is 4.74 Å². The molecule has 3 rings (SSSR count). The van der Waals surface area contributed by atoms with E-state index < -0.39 is 0 Å². The zero-order valence-electron chi connectivity index (χ0n) is 10.9. The Labute approximate surface area is 126 Å². The van der Waals surface area contributed by atoms with Crippen molar-refractivity contribution in [2.24, 2.45) is 0 Å². The van der Waals surface area contributed by atoms with Gasteiger partial charge in [-0.25, -0.2) is 0 Å². The van der Waals surface area contributed by atoms with E-state index in [1.807, 2.05) is 36.4 Å². The van der Waals surface area contributed by atoms with Crippen molar-refractivity contribution < 1.29 is 4.74 Å². The van der Waals surface area contributed by atoms with Crippen LogP contribution in [0.4, 0.5) is 0 Å².